The molecule has 0 saturated carbocycles. The molecule has 1 aromatic carbocycles. The van der Waals surface area contributed by atoms with Gasteiger partial charge < -0.3 is 4.74 Å². The van der Waals surface area contributed by atoms with E-state index in [0.29, 0.717) is 17.9 Å². The largest absolute Gasteiger partial charge is 0.497 e. The van der Waals surface area contributed by atoms with Gasteiger partial charge in [0, 0.05) is 0 Å². The highest BCUT2D eigenvalue weighted by Crippen LogP contribution is 2.40. The van der Waals surface area contributed by atoms with Crippen molar-refractivity contribution in [3.8, 4) is 5.75 Å². The number of imide groups is 1. The number of hydrogen-bond donors (Lipinski definition) is 0. The molecular weight excluding hydrogens is 254 g/mol. The van der Waals surface area contributed by atoms with Gasteiger partial charge in [0.1, 0.15) is 5.75 Å². The normalized spacial score (nSPS) is 28.7. The van der Waals surface area contributed by atoms with Gasteiger partial charge in [-0.25, -0.2) is 0 Å². The lowest BCUT2D eigenvalue weighted by Gasteiger charge is -2.22. The van der Waals surface area contributed by atoms with Crippen molar-refractivity contribution >= 4 is 17.5 Å². The van der Waals surface area contributed by atoms with Crippen molar-refractivity contribution in [2.24, 2.45) is 17.8 Å². The van der Waals surface area contributed by atoms with Crippen LogP contribution >= 0.6 is 0 Å². The first-order valence-electron chi connectivity index (χ1n) is 6.82. The predicted octanol–water partition coefficient (Wildman–Crippen LogP) is 2.40. The first kappa shape index (κ1) is 12.9. The molecule has 1 heterocycles. The molecule has 20 heavy (non-hydrogen) atoms. The summed E-state index contributed by atoms with van der Waals surface area (Å²) in [4.78, 5) is 26.4. The molecule has 0 unspecified atom stereocenters. The second kappa shape index (κ2) is 4.78. The average Bonchev–Trinajstić information content (AvgIpc) is 2.72. The van der Waals surface area contributed by atoms with Crippen molar-refractivity contribution in [1.29, 1.82) is 0 Å². The highest BCUT2D eigenvalue weighted by Gasteiger charge is 2.50. The number of carbonyl (C=O) groups excluding carboxylic acids is 2. The number of methoxy groups -OCH3 is 1. The molecule has 0 spiro atoms. The maximum absolute atomic E-state index is 12.6. The minimum absolute atomic E-state index is 0.0815. The lowest BCUT2D eigenvalue weighted by molar-refractivity contribution is -0.122. The van der Waals surface area contributed by atoms with Crippen molar-refractivity contribution < 1.29 is 14.3 Å². The fourth-order valence-electron chi connectivity index (χ4n) is 3.13. The number of carbonyl (C=O) groups is 2. The van der Waals surface area contributed by atoms with Crippen LogP contribution in [0.3, 0.4) is 0 Å². The maximum atomic E-state index is 12.6. The predicted molar refractivity (Wildman–Crippen MR) is 75.4 cm³/mol. The third-order valence-electron chi connectivity index (χ3n) is 4.20. The summed E-state index contributed by atoms with van der Waals surface area (Å²) < 4.78 is 5.10. The molecule has 1 saturated heterocycles. The van der Waals surface area contributed by atoms with Crippen LogP contribution in [0.15, 0.2) is 36.4 Å². The number of allylic oxidation sites excluding steroid dienone is 2. The Morgan fingerprint density at radius 3 is 2.45 bits per heavy atom. The van der Waals surface area contributed by atoms with E-state index in [9.17, 15) is 9.59 Å². The van der Waals surface area contributed by atoms with E-state index in [4.69, 9.17) is 4.74 Å². The molecule has 1 aromatic rings. The minimum Gasteiger partial charge on any atom is -0.497 e. The summed E-state index contributed by atoms with van der Waals surface area (Å²) in [5, 5.41) is 0. The van der Waals surface area contributed by atoms with Crippen LogP contribution in [0.1, 0.15) is 13.3 Å². The van der Waals surface area contributed by atoms with Gasteiger partial charge in [0.05, 0.1) is 24.6 Å². The van der Waals surface area contributed by atoms with Gasteiger partial charge in [-0.1, -0.05) is 19.1 Å². The Kier molecular flexibility index (Phi) is 3.08. The van der Waals surface area contributed by atoms with Crippen LogP contribution in [0.4, 0.5) is 5.69 Å². The number of anilines is 1. The summed E-state index contributed by atoms with van der Waals surface area (Å²) in [5.74, 6) is 0.247. The van der Waals surface area contributed by atoms with E-state index in [2.05, 4.69) is 0 Å². The Labute approximate surface area is 118 Å². The lowest BCUT2D eigenvalue weighted by Crippen LogP contribution is -2.31. The van der Waals surface area contributed by atoms with E-state index >= 15 is 0 Å². The molecule has 0 bridgehead atoms. The van der Waals surface area contributed by atoms with Gasteiger partial charge in [0.15, 0.2) is 0 Å². The molecule has 0 N–H and O–H groups in total. The first-order chi connectivity index (χ1) is 9.63. The molecule has 3 rings (SSSR count). The van der Waals surface area contributed by atoms with Gasteiger partial charge in [-0.2, -0.15) is 0 Å². The summed E-state index contributed by atoms with van der Waals surface area (Å²) in [7, 11) is 1.59. The SMILES string of the molecule is COc1ccc(N2C(=O)[C@@H]3[C@@H](C)C=CC[C@H]3C2=O)cc1. The maximum Gasteiger partial charge on any atom is 0.238 e. The van der Waals surface area contributed by atoms with Crippen molar-refractivity contribution in [1.82, 2.24) is 0 Å². The van der Waals surface area contributed by atoms with Gasteiger partial charge in [-0.3, -0.25) is 14.5 Å². The van der Waals surface area contributed by atoms with E-state index in [1.807, 2.05) is 19.1 Å². The third-order valence-corrected chi connectivity index (χ3v) is 4.20. The van der Waals surface area contributed by atoms with Gasteiger partial charge in [-0.05, 0) is 36.6 Å². The van der Waals surface area contributed by atoms with E-state index in [1.54, 1.807) is 31.4 Å². The second-order valence-corrected chi connectivity index (χ2v) is 5.37. The molecule has 0 aromatic heterocycles. The Balaban J connectivity index is 1.94. The highest BCUT2D eigenvalue weighted by atomic mass is 16.5. The molecule has 104 valence electrons. The second-order valence-electron chi connectivity index (χ2n) is 5.37. The molecule has 1 aliphatic carbocycles. The molecule has 3 atom stereocenters. The van der Waals surface area contributed by atoms with Gasteiger partial charge in [-0.15, -0.1) is 0 Å². The zero-order valence-electron chi connectivity index (χ0n) is 11.6. The number of amides is 2. The Hall–Kier alpha value is -2.10. The summed E-state index contributed by atoms with van der Waals surface area (Å²) in [6.07, 6.45) is 4.70. The van der Waals surface area contributed by atoms with Crippen LogP contribution in [0.5, 0.6) is 5.75 Å². The summed E-state index contributed by atoms with van der Waals surface area (Å²) in [6, 6.07) is 7.03. The third kappa shape index (κ3) is 1.83. The molecule has 0 radical (unpaired) electrons. The van der Waals surface area contributed by atoms with Crippen molar-refractivity contribution in [2.45, 2.75) is 13.3 Å². The van der Waals surface area contributed by atoms with E-state index < -0.39 is 0 Å². The molecule has 4 nitrogen and oxygen atoms in total. The van der Waals surface area contributed by atoms with Gasteiger partial charge >= 0.3 is 0 Å². The minimum atomic E-state index is -0.213. The molecule has 1 fully saturated rings. The summed E-state index contributed by atoms with van der Waals surface area (Å²) >= 11 is 0. The molecule has 4 heteroatoms. The van der Waals surface area contributed by atoms with Crippen molar-refractivity contribution in [3.05, 3.63) is 36.4 Å². The number of hydrogen-bond acceptors (Lipinski definition) is 3. The van der Waals surface area contributed by atoms with E-state index in [-0.39, 0.29) is 29.6 Å². The molecular formula is C16H17NO3. The highest BCUT2D eigenvalue weighted by molar-refractivity contribution is 6.22. The Morgan fingerprint density at radius 2 is 1.85 bits per heavy atom. The lowest BCUT2D eigenvalue weighted by atomic mass is 9.78. The van der Waals surface area contributed by atoms with Crippen LogP contribution in [-0.4, -0.2) is 18.9 Å². The molecule has 2 amide bonds. The summed E-state index contributed by atoms with van der Waals surface area (Å²) in [6.45, 7) is 2.00. The number of ether oxygens (including phenoxy) is 1. The number of rotatable bonds is 2. The van der Waals surface area contributed by atoms with Crippen LogP contribution < -0.4 is 9.64 Å². The smallest absolute Gasteiger partial charge is 0.238 e. The summed E-state index contributed by atoms with van der Waals surface area (Å²) in [5.41, 5.74) is 0.627. The Morgan fingerprint density at radius 1 is 1.15 bits per heavy atom. The quantitative estimate of drug-likeness (QED) is 0.613. The standard InChI is InChI=1S/C16H17NO3/c1-10-4-3-5-13-14(10)16(19)17(15(13)18)11-6-8-12(20-2)9-7-11/h3-4,6-10,13-14H,5H2,1-2H3/t10-,13+,14+/m0/s1. The van der Waals surface area contributed by atoms with Crippen LogP contribution in [0.2, 0.25) is 0 Å². The van der Waals surface area contributed by atoms with Crippen molar-refractivity contribution in [3.63, 3.8) is 0 Å². The zero-order chi connectivity index (χ0) is 14.3. The van der Waals surface area contributed by atoms with Crippen molar-refractivity contribution in [2.75, 3.05) is 12.0 Å². The number of nitrogens with zero attached hydrogens (tertiary/aromatic N) is 1. The fourth-order valence-corrected chi connectivity index (χ4v) is 3.13. The van der Waals surface area contributed by atoms with E-state index in [0.717, 1.165) is 0 Å². The zero-order valence-corrected chi connectivity index (χ0v) is 11.6. The number of benzene rings is 1. The van der Waals surface area contributed by atoms with Gasteiger partial charge in [0.25, 0.3) is 0 Å². The monoisotopic (exact) mass is 271 g/mol. The fraction of sp³-hybridized carbons (Fsp3) is 0.375. The molecule has 1 aliphatic heterocycles. The van der Waals surface area contributed by atoms with E-state index in [1.165, 1.54) is 4.90 Å². The topological polar surface area (TPSA) is 46.6 Å². The Bertz CT molecular complexity index is 576. The van der Waals surface area contributed by atoms with Crippen LogP contribution in [0, 0.1) is 17.8 Å². The number of fused-ring (bicyclic) bond motifs is 1. The molecule has 2 aliphatic rings. The first-order valence-corrected chi connectivity index (χ1v) is 6.82. The average molecular weight is 271 g/mol. The van der Waals surface area contributed by atoms with Crippen LogP contribution in [-0.2, 0) is 9.59 Å². The van der Waals surface area contributed by atoms with Crippen LogP contribution in [0.25, 0.3) is 0 Å². The van der Waals surface area contributed by atoms with Gasteiger partial charge in [0.2, 0.25) is 11.8 Å².